The second kappa shape index (κ2) is 33.3. The first-order valence-corrected chi connectivity index (χ1v) is 25.9. The van der Waals surface area contributed by atoms with Gasteiger partial charge in [0.1, 0.15) is 34.3 Å². The van der Waals surface area contributed by atoms with Crippen LogP contribution < -0.4 is 20.5 Å². The molecule has 0 aliphatic carbocycles. The Hall–Kier alpha value is -6.20. The number of aliphatic hydroxyl groups is 4. The molecule has 8 N–H and O–H groups in total. The number of carboxylic acid groups (broad SMARTS) is 1. The predicted octanol–water partition coefficient (Wildman–Crippen LogP) is 13.5. The van der Waals surface area contributed by atoms with Crippen molar-refractivity contribution in [2.24, 2.45) is 5.73 Å². The third kappa shape index (κ3) is 23.1. The molecule has 15 nitrogen and oxygen atoms in total. The normalized spacial score (nSPS) is 12.8. The Morgan fingerprint density at radius 3 is 1.33 bits per heavy atom. The minimum absolute atomic E-state index is 0. The van der Waals surface area contributed by atoms with Gasteiger partial charge in [0.05, 0.1) is 27.0 Å². The zero-order valence-corrected chi connectivity index (χ0v) is 46.5. The van der Waals surface area contributed by atoms with E-state index < -0.39 is 53.7 Å². The molecule has 0 saturated carbocycles. The van der Waals surface area contributed by atoms with Crippen molar-refractivity contribution in [3.05, 3.63) is 141 Å². The maximum absolute atomic E-state index is 12.8. The van der Waals surface area contributed by atoms with Crippen molar-refractivity contribution in [2.45, 2.75) is 172 Å². The van der Waals surface area contributed by atoms with Gasteiger partial charge in [0.25, 0.3) is 5.91 Å². The fourth-order valence-corrected chi connectivity index (χ4v) is 8.13. The number of alkyl halides is 6. The molecule has 83 heavy (non-hydrogen) atoms. The van der Waals surface area contributed by atoms with E-state index in [1.54, 1.807) is 27.7 Å². The number of nitrogens with zero attached hydrogens (tertiary/aromatic N) is 4. The van der Waals surface area contributed by atoms with Crippen molar-refractivity contribution in [3.8, 4) is 34.0 Å². The van der Waals surface area contributed by atoms with E-state index in [0.29, 0.717) is 37.5 Å². The van der Waals surface area contributed by atoms with Crippen LogP contribution >= 0.6 is 23.2 Å². The number of amides is 1. The van der Waals surface area contributed by atoms with Crippen LogP contribution in [0, 0.1) is 0 Å². The van der Waals surface area contributed by atoms with E-state index >= 15 is 0 Å². The number of aromatic nitrogens is 4. The van der Waals surface area contributed by atoms with Crippen LogP contribution in [0.2, 0.25) is 10.0 Å². The van der Waals surface area contributed by atoms with Crippen molar-refractivity contribution < 1.29 is 70.9 Å². The van der Waals surface area contributed by atoms with Crippen LogP contribution in [-0.2, 0) is 37.1 Å². The van der Waals surface area contributed by atoms with Gasteiger partial charge in [-0.25, -0.2) is 14.8 Å². The number of benzene rings is 4. The van der Waals surface area contributed by atoms with E-state index in [1.807, 2.05) is 83.9 Å². The molecule has 0 aliphatic rings. The van der Waals surface area contributed by atoms with E-state index in [4.69, 9.17) is 43.9 Å². The molecule has 4 atom stereocenters. The molecule has 1 amide bonds. The fraction of sp³-hybridized carbons (Fsp3) is 0.467. The molecule has 6 rings (SSSR count). The largest absolute Gasteiger partial charge is 0.480 e. The highest BCUT2D eigenvalue weighted by molar-refractivity contribution is 6.32. The molecule has 23 heteroatoms. The van der Waals surface area contributed by atoms with Crippen molar-refractivity contribution in [1.29, 1.82) is 0 Å². The number of carbonyl (C=O) groups excluding carboxylic acids is 1. The summed E-state index contributed by atoms with van der Waals surface area (Å²) >= 11 is 11.7. The maximum atomic E-state index is 12.8. The highest BCUT2D eigenvalue weighted by Gasteiger charge is 2.39. The summed E-state index contributed by atoms with van der Waals surface area (Å²) in [6.45, 7) is 14.0. The molecule has 0 radical (unpaired) electrons. The number of aromatic carboxylic acids is 1. The molecule has 464 valence electrons. The number of ether oxygens (including phenoxy) is 2. The van der Waals surface area contributed by atoms with Gasteiger partial charge >= 0.3 is 18.3 Å². The SMILES string of the molecule is C.C.C.C.CCn1cc(-c2ccc(CC(CCO)NC(=O)c3ccc(O[C@H](C)C(F)(F)F)c(Cl)c3)cc2)nc1C(C)(C)O.CCn1cc(-c2ccc(CC(N)CCO)cc2)nc1C(C)(C)O.C[C@@H](Oc1ccc(C(=O)O)cc1Cl)C(F)(F)F. The Kier molecular flexibility index (Phi) is 30.8. The quantitative estimate of drug-likeness (QED) is 0.0334. The number of aliphatic hydroxyl groups excluding tert-OH is 2. The maximum Gasteiger partial charge on any atom is 0.425 e. The number of carbonyl (C=O) groups is 2. The molecule has 0 bridgehead atoms. The molecule has 0 spiro atoms. The lowest BCUT2D eigenvalue weighted by Gasteiger charge is -2.20. The first-order chi connectivity index (χ1) is 36.8. The second-order valence-corrected chi connectivity index (χ2v) is 20.4. The fourth-order valence-electron chi connectivity index (χ4n) is 7.68. The summed E-state index contributed by atoms with van der Waals surface area (Å²) < 4.78 is 88.3. The van der Waals surface area contributed by atoms with Crippen molar-refractivity contribution >= 4 is 35.1 Å². The molecule has 4 aromatic carbocycles. The molecule has 2 heterocycles. The van der Waals surface area contributed by atoms with Gasteiger partial charge in [-0.3, -0.25) is 4.79 Å². The summed E-state index contributed by atoms with van der Waals surface area (Å²) in [4.78, 5) is 32.6. The second-order valence-electron chi connectivity index (χ2n) is 19.5. The Balaban J connectivity index is 0.00000130. The molecule has 2 unspecified atom stereocenters. The molecule has 0 aliphatic heterocycles. The Labute approximate surface area is 494 Å². The van der Waals surface area contributed by atoms with Gasteiger partial charge < -0.3 is 55.2 Å². The third-order valence-corrected chi connectivity index (χ3v) is 12.6. The van der Waals surface area contributed by atoms with E-state index in [0.717, 1.165) is 78.7 Å². The zero-order valence-electron chi connectivity index (χ0n) is 45.0. The van der Waals surface area contributed by atoms with Crippen LogP contribution in [-0.4, -0.2) is 106 Å². The Morgan fingerprint density at radius 1 is 0.627 bits per heavy atom. The van der Waals surface area contributed by atoms with Crippen LogP contribution in [0.3, 0.4) is 0 Å². The zero-order chi connectivity index (χ0) is 59.2. The number of hydrogen-bond donors (Lipinski definition) is 7. The summed E-state index contributed by atoms with van der Waals surface area (Å²) in [5.74, 6) is -0.840. The summed E-state index contributed by atoms with van der Waals surface area (Å²) in [7, 11) is 0. The van der Waals surface area contributed by atoms with Crippen LogP contribution in [0.25, 0.3) is 22.5 Å². The predicted molar refractivity (Wildman–Crippen MR) is 316 cm³/mol. The number of halogens is 8. The molecule has 0 saturated heterocycles. The van der Waals surface area contributed by atoms with E-state index in [9.17, 15) is 51.3 Å². The van der Waals surface area contributed by atoms with Gasteiger partial charge in [0.15, 0.2) is 12.2 Å². The third-order valence-electron chi connectivity index (χ3n) is 12.0. The van der Waals surface area contributed by atoms with Gasteiger partial charge in [-0.1, -0.05) is 101 Å². The molecular weight excluding hydrogens is 1130 g/mol. The van der Waals surface area contributed by atoms with Gasteiger partial charge in [0, 0.05) is 67.5 Å². The summed E-state index contributed by atoms with van der Waals surface area (Å²) in [5.41, 5.74) is 9.47. The standard InChI is InChI=1S/C28H33ClF3N3O4.C18H27N3O2.C10H8ClF3O3.4CH4/c1-5-35-16-23(34-26(35)27(3,4)38)19-8-6-18(7-9-19)14-21(12-13-36)33-25(37)20-10-11-24(22(29)15-20)39-17(2)28(30,31)32;1-4-21-12-16(20-17(21)18(2,3)23)14-7-5-13(6-8-14)11-15(19)9-10-22;1-5(10(12,13)14)17-8-3-2-6(9(15)16)4-7(8)11;;;;/h6-11,15-17,21,36,38H,5,12-14H2,1-4H3,(H,33,37);5-8,12,15,22-23H,4,9-11,19H2,1-3H3;2-5H,1H3,(H,15,16);4*1H4/t17-,21?;;5-;;;;/m1.1..../s1. The van der Waals surface area contributed by atoms with Gasteiger partial charge in [-0.2, -0.15) is 26.3 Å². The summed E-state index contributed by atoms with van der Waals surface area (Å²) in [5, 5.41) is 50.3. The average Bonchev–Trinajstić information content (AvgIpc) is 4.11. The smallest absolute Gasteiger partial charge is 0.425 e. The lowest BCUT2D eigenvalue weighted by molar-refractivity contribution is -0.189. The van der Waals surface area contributed by atoms with Crippen molar-refractivity contribution in [1.82, 2.24) is 24.4 Å². The minimum Gasteiger partial charge on any atom is -0.480 e. The molecule has 6 aromatic rings. The number of nitrogens with one attached hydrogen (secondary N) is 1. The van der Waals surface area contributed by atoms with Crippen molar-refractivity contribution in [2.75, 3.05) is 13.2 Å². The van der Waals surface area contributed by atoms with E-state index in [2.05, 4.69) is 20.0 Å². The van der Waals surface area contributed by atoms with E-state index in [-0.39, 0.29) is 81.6 Å². The molecule has 2 aromatic heterocycles. The summed E-state index contributed by atoms with van der Waals surface area (Å²) in [6, 6.07) is 22.4. The molecule has 0 fully saturated rings. The van der Waals surface area contributed by atoms with Crippen LogP contribution in [0.1, 0.15) is 141 Å². The number of rotatable bonds is 21. The van der Waals surface area contributed by atoms with Crippen LogP contribution in [0.4, 0.5) is 26.3 Å². The first kappa shape index (κ1) is 76.8. The molecular formula is C60H84Cl2F6N6O9. The topological polar surface area (TPSA) is 227 Å². The van der Waals surface area contributed by atoms with Crippen LogP contribution in [0.15, 0.2) is 97.3 Å². The van der Waals surface area contributed by atoms with Crippen molar-refractivity contribution in [3.63, 3.8) is 0 Å². The highest BCUT2D eigenvalue weighted by atomic mass is 35.5. The lowest BCUT2D eigenvalue weighted by Crippen LogP contribution is -2.37. The Bertz CT molecular complexity index is 2920. The highest BCUT2D eigenvalue weighted by Crippen LogP contribution is 2.33. The monoisotopic (exact) mass is 1220 g/mol. The van der Waals surface area contributed by atoms with E-state index in [1.165, 1.54) is 18.2 Å². The first-order valence-electron chi connectivity index (χ1n) is 25.1. The van der Waals surface area contributed by atoms with Gasteiger partial charge in [0.2, 0.25) is 0 Å². The van der Waals surface area contributed by atoms with Crippen LogP contribution in [0.5, 0.6) is 11.5 Å². The van der Waals surface area contributed by atoms with Gasteiger partial charge in [-0.15, -0.1) is 0 Å². The number of imidazole rings is 2. The summed E-state index contributed by atoms with van der Waals surface area (Å²) in [6.07, 6.45) is -7.18. The number of nitrogens with two attached hydrogens (primary N) is 1. The Morgan fingerprint density at radius 2 is 1.00 bits per heavy atom. The van der Waals surface area contributed by atoms with Gasteiger partial charge in [-0.05, 0) is 129 Å². The average molecular weight is 1220 g/mol. The number of aryl methyl sites for hydroxylation is 2. The minimum atomic E-state index is -4.55. The lowest BCUT2D eigenvalue weighted by atomic mass is 10.0. The number of hydrogen-bond acceptors (Lipinski definition) is 11. The number of carboxylic acids is 1.